The highest BCUT2D eigenvalue weighted by Gasteiger charge is 2.27. The number of aromatic nitrogens is 2. The Labute approximate surface area is 95.1 Å². The van der Waals surface area contributed by atoms with Gasteiger partial charge < -0.3 is 4.74 Å². The Morgan fingerprint density at radius 1 is 1.31 bits per heavy atom. The van der Waals surface area contributed by atoms with Crippen LogP contribution >= 0.6 is 0 Å². The van der Waals surface area contributed by atoms with Crippen LogP contribution in [-0.2, 0) is 0 Å². The fourth-order valence-electron chi connectivity index (χ4n) is 2.04. The highest BCUT2D eigenvalue weighted by Crippen LogP contribution is 2.36. The average molecular weight is 224 g/mol. The molecule has 0 aromatic carbocycles. The molecule has 1 aromatic rings. The van der Waals surface area contributed by atoms with Crippen LogP contribution < -0.4 is 4.74 Å². The average Bonchev–Trinajstić information content (AvgIpc) is 2.21. The van der Waals surface area contributed by atoms with Gasteiger partial charge in [0.25, 0.3) is 0 Å². The van der Waals surface area contributed by atoms with Crippen molar-refractivity contribution in [3.05, 3.63) is 18.3 Å². The summed E-state index contributed by atoms with van der Waals surface area (Å²) in [4.78, 5) is 7.29. The molecule has 2 rings (SSSR count). The number of hydrogen-bond acceptors (Lipinski definition) is 3. The van der Waals surface area contributed by atoms with Crippen LogP contribution in [0.2, 0.25) is 0 Å². The largest absolute Gasteiger partial charge is 0.474 e. The molecule has 0 saturated heterocycles. The summed E-state index contributed by atoms with van der Waals surface area (Å²) in [6.07, 6.45) is 5.67. The highest BCUT2D eigenvalue weighted by molar-refractivity contribution is 5.06. The number of hydrogen-bond donors (Lipinski definition) is 0. The van der Waals surface area contributed by atoms with Crippen molar-refractivity contribution in [2.24, 2.45) is 5.41 Å². The van der Waals surface area contributed by atoms with Crippen LogP contribution in [0.15, 0.2) is 12.4 Å². The zero-order valence-corrected chi connectivity index (χ0v) is 9.74. The van der Waals surface area contributed by atoms with Crippen LogP contribution in [0, 0.1) is 11.4 Å². The lowest BCUT2D eigenvalue weighted by molar-refractivity contribution is 0.0943. The molecule has 16 heavy (non-hydrogen) atoms. The van der Waals surface area contributed by atoms with Gasteiger partial charge in [-0.3, -0.25) is 0 Å². The van der Waals surface area contributed by atoms with Gasteiger partial charge in [0.1, 0.15) is 12.4 Å². The first-order valence-corrected chi connectivity index (χ1v) is 5.69. The SMILES string of the molecule is CC1(C)CCC(Oc2cc(F)ncn2)CC1. The molecule has 0 N–H and O–H groups in total. The molecule has 0 unspecified atom stereocenters. The lowest BCUT2D eigenvalue weighted by Crippen LogP contribution is -2.28. The third-order valence-corrected chi connectivity index (χ3v) is 3.18. The van der Waals surface area contributed by atoms with Gasteiger partial charge in [0.05, 0.1) is 6.07 Å². The van der Waals surface area contributed by atoms with E-state index in [0.29, 0.717) is 11.3 Å². The van der Waals surface area contributed by atoms with Gasteiger partial charge in [-0.25, -0.2) is 9.97 Å². The maximum Gasteiger partial charge on any atom is 0.219 e. The predicted octanol–water partition coefficient (Wildman–Crippen LogP) is 2.96. The van der Waals surface area contributed by atoms with Gasteiger partial charge in [0, 0.05) is 0 Å². The maximum absolute atomic E-state index is 12.8. The maximum atomic E-state index is 12.8. The zero-order valence-electron chi connectivity index (χ0n) is 9.74. The summed E-state index contributed by atoms with van der Waals surface area (Å²) >= 11 is 0. The predicted molar refractivity (Wildman–Crippen MR) is 58.7 cm³/mol. The summed E-state index contributed by atoms with van der Waals surface area (Å²) in [5, 5.41) is 0. The highest BCUT2D eigenvalue weighted by atomic mass is 19.1. The van der Waals surface area contributed by atoms with Crippen LogP contribution in [0.25, 0.3) is 0 Å². The summed E-state index contributed by atoms with van der Waals surface area (Å²) < 4.78 is 18.5. The topological polar surface area (TPSA) is 35.0 Å². The summed E-state index contributed by atoms with van der Waals surface area (Å²) in [5.74, 6) is -0.196. The smallest absolute Gasteiger partial charge is 0.219 e. The van der Waals surface area contributed by atoms with Gasteiger partial charge in [-0.2, -0.15) is 4.39 Å². The Morgan fingerprint density at radius 2 is 2.00 bits per heavy atom. The summed E-state index contributed by atoms with van der Waals surface area (Å²) in [6.45, 7) is 4.54. The molecule has 0 amide bonds. The molecule has 0 aliphatic heterocycles. The van der Waals surface area contributed by atoms with Crippen LogP contribution in [0.3, 0.4) is 0 Å². The van der Waals surface area contributed by atoms with E-state index < -0.39 is 5.95 Å². The van der Waals surface area contributed by atoms with Crippen molar-refractivity contribution in [2.75, 3.05) is 0 Å². The normalized spacial score (nSPS) is 20.7. The molecule has 1 fully saturated rings. The first-order valence-electron chi connectivity index (χ1n) is 5.69. The Balaban J connectivity index is 1.92. The monoisotopic (exact) mass is 224 g/mol. The molecule has 0 bridgehead atoms. The summed E-state index contributed by atoms with van der Waals surface area (Å²) in [5.41, 5.74) is 0.413. The van der Waals surface area contributed by atoms with Crippen molar-refractivity contribution >= 4 is 0 Å². The molecule has 1 aliphatic carbocycles. The number of ether oxygens (including phenoxy) is 1. The Bertz CT molecular complexity index is 358. The standard InChI is InChI=1S/C12H17FN2O/c1-12(2)5-3-9(4-6-12)16-11-7-10(13)14-8-15-11/h7-9H,3-6H2,1-2H3. The van der Waals surface area contributed by atoms with Gasteiger partial charge in [0.2, 0.25) is 11.8 Å². The van der Waals surface area contributed by atoms with E-state index in [2.05, 4.69) is 23.8 Å². The summed E-state index contributed by atoms with van der Waals surface area (Å²) in [7, 11) is 0. The minimum atomic E-state index is -0.541. The van der Waals surface area contributed by atoms with E-state index in [1.165, 1.54) is 12.4 Å². The molecule has 1 aromatic heterocycles. The van der Waals surface area contributed by atoms with Crippen molar-refractivity contribution in [1.82, 2.24) is 9.97 Å². The van der Waals surface area contributed by atoms with Gasteiger partial charge in [-0.15, -0.1) is 0 Å². The quantitative estimate of drug-likeness (QED) is 0.724. The van der Waals surface area contributed by atoms with Crippen LogP contribution in [0.1, 0.15) is 39.5 Å². The second-order valence-electron chi connectivity index (χ2n) is 5.16. The van der Waals surface area contributed by atoms with E-state index in [0.717, 1.165) is 25.7 Å². The third kappa shape index (κ3) is 2.90. The van der Waals surface area contributed by atoms with E-state index >= 15 is 0 Å². The van der Waals surface area contributed by atoms with E-state index in [1.807, 2.05) is 0 Å². The Morgan fingerprint density at radius 3 is 2.62 bits per heavy atom. The number of halogens is 1. The van der Waals surface area contributed by atoms with Crippen molar-refractivity contribution in [3.8, 4) is 5.88 Å². The summed E-state index contributed by atoms with van der Waals surface area (Å²) in [6, 6.07) is 1.24. The second-order valence-corrected chi connectivity index (χ2v) is 5.16. The fourth-order valence-corrected chi connectivity index (χ4v) is 2.04. The van der Waals surface area contributed by atoms with Crippen LogP contribution in [-0.4, -0.2) is 16.1 Å². The first kappa shape index (κ1) is 11.3. The molecule has 0 spiro atoms. The van der Waals surface area contributed by atoms with Crippen molar-refractivity contribution in [2.45, 2.75) is 45.6 Å². The van der Waals surface area contributed by atoms with Crippen molar-refractivity contribution < 1.29 is 9.13 Å². The molecule has 1 aliphatic rings. The minimum Gasteiger partial charge on any atom is -0.474 e. The lowest BCUT2D eigenvalue weighted by atomic mass is 9.76. The van der Waals surface area contributed by atoms with E-state index in [4.69, 9.17) is 4.74 Å². The Kier molecular flexibility index (Phi) is 3.08. The molecule has 4 heteroatoms. The molecule has 1 heterocycles. The van der Waals surface area contributed by atoms with Gasteiger partial charge in [-0.1, -0.05) is 13.8 Å². The van der Waals surface area contributed by atoms with E-state index in [9.17, 15) is 4.39 Å². The second kappa shape index (κ2) is 4.36. The van der Waals surface area contributed by atoms with Gasteiger partial charge in [0.15, 0.2) is 0 Å². The molecule has 1 saturated carbocycles. The molecule has 0 radical (unpaired) electrons. The molecule has 0 atom stereocenters. The molecular weight excluding hydrogens is 207 g/mol. The molecule has 88 valence electrons. The molecular formula is C12H17FN2O. The van der Waals surface area contributed by atoms with E-state index in [-0.39, 0.29) is 6.10 Å². The number of nitrogens with zero attached hydrogens (tertiary/aromatic N) is 2. The Hall–Kier alpha value is -1.19. The van der Waals surface area contributed by atoms with Crippen molar-refractivity contribution in [1.29, 1.82) is 0 Å². The van der Waals surface area contributed by atoms with Gasteiger partial charge >= 0.3 is 0 Å². The first-order chi connectivity index (χ1) is 7.55. The molecule has 3 nitrogen and oxygen atoms in total. The lowest BCUT2D eigenvalue weighted by Gasteiger charge is -2.34. The third-order valence-electron chi connectivity index (χ3n) is 3.18. The zero-order chi connectivity index (χ0) is 11.6. The number of rotatable bonds is 2. The fraction of sp³-hybridized carbons (Fsp3) is 0.667. The van der Waals surface area contributed by atoms with E-state index in [1.54, 1.807) is 0 Å². The van der Waals surface area contributed by atoms with Crippen molar-refractivity contribution in [3.63, 3.8) is 0 Å². The van der Waals surface area contributed by atoms with Crippen LogP contribution in [0.5, 0.6) is 5.88 Å². The minimum absolute atomic E-state index is 0.169. The van der Waals surface area contributed by atoms with Gasteiger partial charge in [-0.05, 0) is 31.1 Å². The van der Waals surface area contributed by atoms with Crippen LogP contribution in [0.4, 0.5) is 4.39 Å².